The summed E-state index contributed by atoms with van der Waals surface area (Å²) in [5.41, 5.74) is 0. The van der Waals surface area contributed by atoms with Gasteiger partial charge in [-0.3, -0.25) is 0 Å². The van der Waals surface area contributed by atoms with Crippen molar-refractivity contribution in [3.05, 3.63) is 12.4 Å². The second kappa shape index (κ2) is 7.57. The van der Waals surface area contributed by atoms with E-state index in [2.05, 4.69) is 41.5 Å². The van der Waals surface area contributed by atoms with Crippen molar-refractivity contribution in [3.8, 4) is 0 Å². The molecule has 0 aromatic rings. The third-order valence-electron chi connectivity index (χ3n) is 2.69. The van der Waals surface area contributed by atoms with Crippen molar-refractivity contribution < 1.29 is 0 Å². The number of hydrogen-bond acceptors (Lipinski definition) is 3. The minimum absolute atomic E-state index is 1.05. The summed E-state index contributed by atoms with van der Waals surface area (Å²) in [5, 5.41) is 3.49. The molecular weight excluding hydrogens is 186 g/mol. The van der Waals surface area contributed by atoms with Crippen LogP contribution in [0.1, 0.15) is 32.6 Å². The summed E-state index contributed by atoms with van der Waals surface area (Å²) in [6.07, 6.45) is 9.54. The zero-order chi connectivity index (χ0) is 10.9. The molecule has 1 aliphatic heterocycles. The van der Waals surface area contributed by atoms with Crippen LogP contribution < -0.4 is 5.32 Å². The fourth-order valence-corrected chi connectivity index (χ4v) is 1.77. The second-order valence-corrected chi connectivity index (χ2v) is 4.32. The molecule has 1 rings (SSSR count). The molecule has 3 nitrogen and oxygen atoms in total. The molecule has 3 heteroatoms. The van der Waals surface area contributed by atoms with E-state index in [4.69, 9.17) is 0 Å². The highest BCUT2D eigenvalue weighted by Crippen LogP contribution is 2.03. The summed E-state index contributed by atoms with van der Waals surface area (Å²) in [4.78, 5) is 4.56. The first kappa shape index (κ1) is 12.4. The molecular formula is C12H25N3. The van der Waals surface area contributed by atoms with E-state index in [9.17, 15) is 0 Å². The predicted molar refractivity (Wildman–Crippen MR) is 65.5 cm³/mol. The smallest absolute Gasteiger partial charge is 0.0890 e. The first-order valence-corrected chi connectivity index (χ1v) is 6.16. The Kier molecular flexibility index (Phi) is 6.25. The Balaban J connectivity index is 1.83. The van der Waals surface area contributed by atoms with Crippen molar-refractivity contribution in [2.24, 2.45) is 0 Å². The van der Waals surface area contributed by atoms with Crippen molar-refractivity contribution in [2.75, 3.05) is 33.4 Å². The Bertz CT molecular complexity index is 180. The molecule has 1 heterocycles. The summed E-state index contributed by atoms with van der Waals surface area (Å²) in [5.74, 6) is 0. The number of hydrogen-bond donors (Lipinski definition) is 1. The Morgan fingerprint density at radius 1 is 1.13 bits per heavy atom. The van der Waals surface area contributed by atoms with E-state index in [1.54, 1.807) is 0 Å². The van der Waals surface area contributed by atoms with Gasteiger partial charge in [0.15, 0.2) is 0 Å². The maximum absolute atomic E-state index is 3.49. The van der Waals surface area contributed by atoms with E-state index in [1.807, 2.05) is 0 Å². The minimum atomic E-state index is 1.05. The van der Waals surface area contributed by atoms with E-state index in [0.29, 0.717) is 0 Å². The van der Waals surface area contributed by atoms with Gasteiger partial charge < -0.3 is 15.1 Å². The first-order valence-electron chi connectivity index (χ1n) is 6.16. The van der Waals surface area contributed by atoms with Gasteiger partial charge in [-0.25, -0.2) is 0 Å². The van der Waals surface area contributed by atoms with E-state index in [0.717, 1.165) is 13.2 Å². The van der Waals surface area contributed by atoms with Gasteiger partial charge >= 0.3 is 0 Å². The van der Waals surface area contributed by atoms with E-state index >= 15 is 0 Å². The van der Waals surface area contributed by atoms with Gasteiger partial charge in [-0.15, -0.1) is 0 Å². The molecule has 0 atom stereocenters. The van der Waals surface area contributed by atoms with E-state index < -0.39 is 0 Å². The molecule has 0 amide bonds. The highest BCUT2D eigenvalue weighted by atomic mass is 15.3. The van der Waals surface area contributed by atoms with E-state index in [1.165, 1.54) is 38.8 Å². The average Bonchev–Trinajstić information content (AvgIpc) is 2.63. The van der Waals surface area contributed by atoms with Crippen LogP contribution >= 0.6 is 0 Å². The van der Waals surface area contributed by atoms with Gasteiger partial charge in [-0.2, -0.15) is 0 Å². The van der Waals surface area contributed by atoms with Crippen LogP contribution in [0.15, 0.2) is 12.4 Å². The SMILES string of the molecule is CCCCCNCCCN1C=CN(C)C1. The van der Waals surface area contributed by atoms with Gasteiger partial charge in [-0.1, -0.05) is 19.8 Å². The molecule has 0 spiro atoms. The molecule has 0 unspecified atom stereocenters. The van der Waals surface area contributed by atoms with Crippen LogP contribution in [0, 0.1) is 0 Å². The second-order valence-electron chi connectivity index (χ2n) is 4.32. The van der Waals surface area contributed by atoms with Gasteiger partial charge in [0, 0.05) is 26.0 Å². The Labute approximate surface area is 94.1 Å². The molecule has 0 radical (unpaired) electrons. The van der Waals surface area contributed by atoms with Crippen LogP contribution in [-0.4, -0.2) is 43.2 Å². The average molecular weight is 211 g/mol. The standard InChI is InChI=1S/C12H25N3/c1-3-4-5-7-13-8-6-9-15-11-10-14(2)12-15/h10-11,13H,3-9,12H2,1-2H3. The van der Waals surface area contributed by atoms with Crippen LogP contribution in [0.25, 0.3) is 0 Å². The van der Waals surface area contributed by atoms with Gasteiger partial charge in [0.05, 0.1) is 6.67 Å². The third-order valence-corrected chi connectivity index (χ3v) is 2.69. The zero-order valence-corrected chi connectivity index (χ0v) is 10.2. The lowest BCUT2D eigenvalue weighted by atomic mass is 10.2. The fourth-order valence-electron chi connectivity index (χ4n) is 1.77. The molecule has 15 heavy (non-hydrogen) atoms. The first-order chi connectivity index (χ1) is 7.33. The lowest BCUT2D eigenvalue weighted by Crippen LogP contribution is -2.26. The van der Waals surface area contributed by atoms with Gasteiger partial charge in [0.1, 0.15) is 0 Å². The highest BCUT2D eigenvalue weighted by molar-refractivity contribution is 4.88. The van der Waals surface area contributed by atoms with Crippen molar-refractivity contribution in [1.82, 2.24) is 15.1 Å². The number of rotatable bonds is 8. The largest absolute Gasteiger partial charge is 0.362 e. The maximum atomic E-state index is 3.49. The monoisotopic (exact) mass is 211 g/mol. The molecule has 0 aliphatic carbocycles. The number of nitrogens with zero attached hydrogens (tertiary/aromatic N) is 2. The Morgan fingerprint density at radius 3 is 2.60 bits per heavy atom. The van der Waals surface area contributed by atoms with Crippen molar-refractivity contribution in [2.45, 2.75) is 32.6 Å². The van der Waals surface area contributed by atoms with Crippen LogP contribution in [0.2, 0.25) is 0 Å². The summed E-state index contributed by atoms with van der Waals surface area (Å²) in [6.45, 7) is 6.80. The molecule has 0 saturated carbocycles. The molecule has 0 fully saturated rings. The molecule has 1 N–H and O–H groups in total. The minimum Gasteiger partial charge on any atom is -0.362 e. The quantitative estimate of drug-likeness (QED) is 0.618. The normalized spacial score (nSPS) is 15.3. The lowest BCUT2D eigenvalue weighted by molar-refractivity contribution is 0.292. The number of nitrogens with one attached hydrogen (secondary N) is 1. The summed E-state index contributed by atoms with van der Waals surface area (Å²) in [6, 6.07) is 0. The van der Waals surface area contributed by atoms with Crippen molar-refractivity contribution >= 4 is 0 Å². The van der Waals surface area contributed by atoms with Gasteiger partial charge in [0.25, 0.3) is 0 Å². The van der Waals surface area contributed by atoms with Gasteiger partial charge in [-0.05, 0) is 25.9 Å². The summed E-state index contributed by atoms with van der Waals surface area (Å²) < 4.78 is 0. The molecule has 1 aliphatic rings. The summed E-state index contributed by atoms with van der Waals surface area (Å²) >= 11 is 0. The van der Waals surface area contributed by atoms with Gasteiger partial charge in [0.2, 0.25) is 0 Å². The van der Waals surface area contributed by atoms with Crippen molar-refractivity contribution in [1.29, 1.82) is 0 Å². The Morgan fingerprint density at radius 2 is 1.93 bits per heavy atom. The van der Waals surface area contributed by atoms with Crippen LogP contribution in [-0.2, 0) is 0 Å². The molecule has 0 aromatic carbocycles. The molecule has 0 aromatic heterocycles. The Hall–Kier alpha value is -0.700. The zero-order valence-electron chi connectivity index (χ0n) is 10.2. The lowest BCUT2D eigenvalue weighted by Gasteiger charge is -2.17. The van der Waals surface area contributed by atoms with Crippen LogP contribution in [0.4, 0.5) is 0 Å². The third kappa shape index (κ3) is 5.67. The van der Waals surface area contributed by atoms with Crippen LogP contribution in [0.3, 0.4) is 0 Å². The van der Waals surface area contributed by atoms with E-state index in [-0.39, 0.29) is 0 Å². The molecule has 0 saturated heterocycles. The van der Waals surface area contributed by atoms with Crippen LogP contribution in [0.5, 0.6) is 0 Å². The fraction of sp³-hybridized carbons (Fsp3) is 0.833. The van der Waals surface area contributed by atoms with Crippen molar-refractivity contribution in [3.63, 3.8) is 0 Å². The molecule has 88 valence electrons. The topological polar surface area (TPSA) is 18.5 Å². The highest BCUT2D eigenvalue weighted by Gasteiger charge is 2.06. The predicted octanol–water partition coefficient (Wildman–Crippen LogP) is 1.83. The molecule has 0 bridgehead atoms. The summed E-state index contributed by atoms with van der Waals surface area (Å²) in [7, 11) is 2.11. The maximum Gasteiger partial charge on any atom is 0.0890 e. The number of unbranched alkanes of at least 4 members (excludes halogenated alkanes) is 2.